The van der Waals surface area contributed by atoms with Gasteiger partial charge in [-0.2, -0.15) is 0 Å². The molecule has 1 atom stereocenters. The summed E-state index contributed by atoms with van der Waals surface area (Å²) in [6, 6.07) is 9.30. The minimum Gasteiger partial charge on any atom is -0.445 e. The molecule has 0 heterocycles. The van der Waals surface area contributed by atoms with Gasteiger partial charge < -0.3 is 19.4 Å². The molecule has 24 heavy (non-hydrogen) atoms. The van der Waals surface area contributed by atoms with Crippen LogP contribution in [0.4, 0.5) is 4.79 Å². The van der Waals surface area contributed by atoms with E-state index in [1.54, 1.807) is 19.0 Å². The standard InChI is InChI=1S/C18H29N3O3/c1-15(13-17(22)20(4)12-11-19(2)3)21(5)18(23)24-14-16-9-7-6-8-10-16/h6-10,15H,11-14H2,1-5H3. The zero-order chi connectivity index (χ0) is 18.1. The first-order valence-electron chi connectivity index (χ1n) is 8.13. The van der Waals surface area contributed by atoms with Gasteiger partial charge in [0.05, 0.1) is 0 Å². The smallest absolute Gasteiger partial charge is 0.410 e. The molecule has 0 N–H and O–H groups in total. The third-order valence-corrected chi connectivity index (χ3v) is 3.93. The van der Waals surface area contributed by atoms with Crippen molar-refractivity contribution in [3.8, 4) is 0 Å². The Bertz CT molecular complexity index is 520. The van der Waals surface area contributed by atoms with Crippen LogP contribution in [0.15, 0.2) is 30.3 Å². The van der Waals surface area contributed by atoms with Crippen molar-refractivity contribution in [2.75, 3.05) is 41.3 Å². The van der Waals surface area contributed by atoms with E-state index in [2.05, 4.69) is 0 Å². The summed E-state index contributed by atoms with van der Waals surface area (Å²) in [6.07, 6.45) is -0.143. The SMILES string of the molecule is CC(CC(=O)N(C)CCN(C)C)N(C)C(=O)OCc1ccccc1. The predicted molar refractivity (Wildman–Crippen MR) is 94.7 cm³/mol. The van der Waals surface area contributed by atoms with Crippen LogP contribution in [-0.2, 0) is 16.1 Å². The zero-order valence-corrected chi connectivity index (χ0v) is 15.4. The fourth-order valence-electron chi connectivity index (χ4n) is 2.02. The number of hydrogen-bond donors (Lipinski definition) is 0. The van der Waals surface area contributed by atoms with E-state index in [1.807, 2.05) is 56.3 Å². The number of benzene rings is 1. The Balaban J connectivity index is 2.41. The third kappa shape index (κ3) is 7.00. The summed E-state index contributed by atoms with van der Waals surface area (Å²) in [5.74, 6) is 0.0204. The molecule has 0 aliphatic heterocycles. The van der Waals surface area contributed by atoms with E-state index in [0.29, 0.717) is 6.54 Å². The van der Waals surface area contributed by atoms with Gasteiger partial charge in [0, 0.05) is 39.6 Å². The maximum Gasteiger partial charge on any atom is 0.410 e. The first-order valence-corrected chi connectivity index (χ1v) is 8.13. The maximum atomic E-state index is 12.2. The fourth-order valence-corrected chi connectivity index (χ4v) is 2.02. The van der Waals surface area contributed by atoms with Crippen molar-refractivity contribution in [3.05, 3.63) is 35.9 Å². The molecular weight excluding hydrogens is 306 g/mol. The van der Waals surface area contributed by atoms with Crippen LogP contribution in [-0.4, -0.2) is 74.0 Å². The van der Waals surface area contributed by atoms with E-state index in [0.717, 1.165) is 12.1 Å². The Morgan fingerprint density at radius 3 is 2.25 bits per heavy atom. The topological polar surface area (TPSA) is 53.1 Å². The van der Waals surface area contributed by atoms with Gasteiger partial charge in [0.1, 0.15) is 6.61 Å². The lowest BCUT2D eigenvalue weighted by Gasteiger charge is -2.26. The van der Waals surface area contributed by atoms with Crippen LogP contribution in [0.3, 0.4) is 0 Å². The molecular formula is C18H29N3O3. The van der Waals surface area contributed by atoms with Crippen molar-refractivity contribution in [1.82, 2.24) is 14.7 Å². The van der Waals surface area contributed by atoms with Crippen LogP contribution in [0.2, 0.25) is 0 Å². The highest BCUT2D eigenvalue weighted by Gasteiger charge is 2.21. The average molecular weight is 335 g/mol. The van der Waals surface area contributed by atoms with Crippen molar-refractivity contribution < 1.29 is 14.3 Å². The molecule has 0 spiro atoms. The molecule has 2 amide bonds. The highest BCUT2D eigenvalue weighted by atomic mass is 16.6. The summed E-state index contributed by atoms with van der Waals surface area (Å²) >= 11 is 0. The number of amides is 2. The summed E-state index contributed by atoms with van der Waals surface area (Å²) in [4.78, 5) is 29.5. The number of ether oxygens (including phenoxy) is 1. The van der Waals surface area contributed by atoms with Gasteiger partial charge in [-0.3, -0.25) is 4.79 Å². The van der Waals surface area contributed by atoms with Gasteiger partial charge in [0.25, 0.3) is 0 Å². The molecule has 0 saturated heterocycles. The Morgan fingerprint density at radius 1 is 1.04 bits per heavy atom. The number of rotatable bonds is 8. The minimum atomic E-state index is -0.421. The van der Waals surface area contributed by atoms with E-state index < -0.39 is 6.09 Å². The summed E-state index contributed by atoms with van der Waals surface area (Å²) in [7, 11) is 7.38. The first kappa shape index (κ1) is 20.0. The predicted octanol–water partition coefficient (Wildman–Crippen LogP) is 2.05. The van der Waals surface area contributed by atoms with Crippen LogP contribution < -0.4 is 0 Å². The monoisotopic (exact) mass is 335 g/mol. The Kier molecular flexibility index (Phi) is 8.26. The molecule has 0 fully saturated rings. The van der Waals surface area contributed by atoms with Crippen LogP contribution in [0.5, 0.6) is 0 Å². The van der Waals surface area contributed by atoms with Crippen molar-refractivity contribution in [2.24, 2.45) is 0 Å². The average Bonchev–Trinajstić information content (AvgIpc) is 2.57. The molecule has 1 unspecified atom stereocenters. The van der Waals surface area contributed by atoms with Crippen molar-refractivity contribution in [3.63, 3.8) is 0 Å². The van der Waals surface area contributed by atoms with Gasteiger partial charge >= 0.3 is 6.09 Å². The number of likely N-dealkylation sites (N-methyl/N-ethyl adjacent to an activating group) is 2. The molecule has 1 aromatic carbocycles. The second-order valence-electron chi connectivity index (χ2n) is 6.32. The first-order chi connectivity index (χ1) is 11.3. The van der Waals surface area contributed by atoms with E-state index in [-0.39, 0.29) is 25.0 Å². The molecule has 1 aromatic rings. The van der Waals surface area contributed by atoms with Gasteiger partial charge in [0.2, 0.25) is 5.91 Å². The molecule has 0 aliphatic rings. The van der Waals surface area contributed by atoms with Crippen LogP contribution in [0.1, 0.15) is 18.9 Å². The number of nitrogens with zero attached hydrogens (tertiary/aromatic N) is 3. The van der Waals surface area contributed by atoms with Crippen molar-refractivity contribution in [2.45, 2.75) is 26.0 Å². The summed E-state index contributed by atoms with van der Waals surface area (Å²) < 4.78 is 5.29. The number of carbonyl (C=O) groups is 2. The largest absolute Gasteiger partial charge is 0.445 e. The Morgan fingerprint density at radius 2 is 1.67 bits per heavy atom. The zero-order valence-electron chi connectivity index (χ0n) is 15.4. The molecule has 1 rings (SSSR count). The highest BCUT2D eigenvalue weighted by molar-refractivity contribution is 5.77. The normalized spacial score (nSPS) is 11.9. The minimum absolute atomic E-state index is 0.0204. The Labute approximate surface area is 145 Å². The van der Waals surface area contributed by atoms with E-state index in [1.165, 1.54) is 4.90 Å². The van der Waals surface area contributed by atoms with Crippen molar-refractivity contribution >= 4 is 12.0 Å². The molecule has 134 valence electrons. The second-order valence-corrected chi connectivity index (χ2v) is 6.32. The lowest BCUT2D eigenvalue weighted by atomic mass is 10.2. The van der Waals surface area contributed by atoms with Gasteiger partial charge in [-0.15, -0.1) is 0 Å². The van der Waals surface area contributed by atoms with Gasteiger partial charge in [-0.05, 0) is 26.6 Å². The lowest BCUT2D eigenvalue weighted by Crippen LogP contribution is -2.41. The third-order valence-electron chi connectivity index (χ3n) is 3.93. The molecule has 0 saturated carbocycles. The number of carbonyl (C=O) groups excluding carboxylic acids is 2. The van der Waals surface area contributed by atoms with Gasteiger partial charge in [-0.1, -0.05) is 30.3 Å². The molecule has 0 radical (unpaired) electrons. The fraction of sp³-hybridized carbons (Fsp3) is 0.556. The van der Waals surface area contributed by atoms with E-state index >= 15 is 0 Å². The Hall–Kier alpha value is -2.08. The summed E-state index contributed by atoms with van der Waals surface area (Å²) in [5.41, 5.74) is 0.936. The van der Waals surface area contributed by atoms with Crippen LogP contribution in [0, 0.1) is 0 Å². The molecule has 0 aliphatic carbocycles. The molecule has 0 bridgehead atoms. The van der Waals surface area contributed by atoms with Crippen molar-refractivity contribution in [1.29, 1.82) is 0 Å². The second kappa shape index (κ2) is 9.93. The highest BCUT2D eigenvalue weighted by Crippen LogP contribution is 2.08. The van der Waals surface area contributed by atoms with E-state index in [9.17, 15) is 9.59 Å². The van der Waals surface area contributed by atoms with Gasteiger partial charge in [0.15, 0.2) is 0 Å². The summed E-state index contributed by atoms with van der Waals surface area (Å²) in [6.45, 7) is 3.56. The quantitative estimate of drug-likeness (QED) is 0.730. The van der Waals surface area contributed by atoms with E-state index in [4.69, 9.17) is 4.74 Å². The molecule has 6 heteroatoms. The summed E-state index contributed by atoms with van der Waals surface area (Å²) in [5, 5.41) is 0. The lowest BCUT2D eigenvalue weighted by molar-refractivity contribution is -0.130. The number of hydrogen-bond acceptors (Lipinski definition) is 4. The maximum absolute atomic E-state index is 12.2. The molecule has 0 aromatic heterocycles. The molecule has 6 nitrogen and oxygen atoms in total. The van der Waals surface area contributed by atoms with Crippen LogP contribution >= 0.6 is 0 Å². The van der Waals surface area contributed by atoms with Crippen LogP contribution in [0.25, 0.3) is 0 Å². The van der Waals surface area contributed by atoms with Gasteiger partial charge in [-0.25, -0.2) is 4.79 Å².